The van der Waals surface area contributed by atoms with Crippen LogP contribution >= 0.6 is 11.6 Å². The Morgan fingerprint density at radius 3 is 2.07 bits per heavy atom. The number of hydrogen-bond acceptors (Lipinski definition) is 3. The van der Waals surface area contributed by atoms with Crippen LogP contribution in [-0.2, 0) is 15.5 Å². The van der Waals surface area contributed by atoms with E-state index in [9.17, 15) is 18.0 Å². The SMILES string of the molecule is CC1(C)OB(c2ccc(NC(=O)Nc3cc(C(F)(F)F)ccc3Cl)cc2)OC1(C)C. The summed E-state index contributed by atoms with van der Waals surface area (Å²) in [5.74, 6) is 0. The van der Waals surface area contributed by atoms with Crippen molar-refractivity contribution < 1.29 is 27.3 Å². The number of urea groups is 1. The van der Waals surface area contributed by atoms with Crippen molar-refractivity contribution >= 4 is 41.6 Å². The lowest BCUT2D eigenvalue weighted by molar-refractivity contribution is -0.137. The van der Waals surface area contributed by atoms with Crippen LogP contribution < -0.4 is 16.1 Å². The number of benzene rings is 2. The van der Waals surface area contributed by atoms with E-state index in [0.717, 1.165) is 23.7 Å². The summed E-state index contributed by atoms with van der Waals surface area (Å²) in [6, 6.07) is 8.77. The Hall–Kier alpha value is -2.23. The maximum Gasteiger partial charge on any atom is 0.494 e. The molecular formula is C20H21BClF3N2O3. The molecule has 0 aliphatic carbocycles. The third-order valence-electron chi connectivity index (χ3n) is 5.24. The van der Waals surface area contributed by atoms with E-state index in [1.807, 2.05) is 27.7 Å². The van der Waals surface area contributed by atoms with E-state index in [1.165, 1.54) is 0 Å². The zero-order valence-corrected chi connectivity index (χ0v) is 17.6. The topological polar surface area (TPSA) is 59.6 Å². The lowest BCUT2D eigenvalue weighted by atomic mass is 9.79. The van der Waals surface area contributed by atoms with Crippen LogP contribution in [0.1, 0.15) is 33.3 Å². The molecule has 0 saturated carbocycles. The van der Waals surface area contributed by atoms with Crippen molar-refractivity contribution in [1.29, 1.82) is 0 Å². The predicted molar refractivity (Wildman–Crippen MR) is 111 cm³/mol. The van der Waals surface area contributed by atoms with E-state index in [-0.39, 0.29) is 10.7 Å². The number of halogens is 4. The summed E-state index contributed by atoms with van der Waals surface area (Å²) in [5, 5.41) is 4.88. The molecule has 3 rings (SSSR count). The highest BCUT2D eigenvalue weighted by Gasteiger charge is 2.51. The number of carbonyl (C=O) groups is 1. The molecule has 2 amide bonds. The zero-order chi connectivity index (χ0) is 22.3. The van der Waals surface area contributed by atoms with E-state index >= 15 is 0 Å². The number of alkyl halides is 3. The summed E-state index contributed by atoms with van der Waals surface area (Å²) < 4.78 is 50.5. The molecule has 30 heavy (non-hydrogen) atoms. The number of carbonyl (C=O) groups excluding carboxylic acids is 1. The predicted octanol–water partition coefficient (Wildman–Crippen LogP) is 5.30. The van der Waals surface area contributed by atoms with Crippen LogP contribution in [0.4, 0.5) is 29.3 Å². The van der Waals surface area contributed by atoms with Crippen molar-refractivity contribution in [2.75, 3.05) is 10.6 Å². The molecule has 2 aromatic rings. The second kappa shape index (κ2) is 7.79. The van der Waals surface area contributed by atoms with Gasteiger partial charge < -0.3 is 19.9 Å². The Morgan fingerprint density at radius 1 is 0.967 bits per heavy atom. The van der Waals surface area contributed by atoms with Gasteiger partial charge in [0.05, 0.1) is 27.5 Å². The van der Waals surface area contributed by atoms with Gasteiger partial charge in [0, 0.05) is 5.69 Å². The minimum Gasteiger partial charge on any atom is -0.399 e. The lowest BCUT2D eigenvalue weighted by Crippen LogP contribution is -2.41. The average molecular weight is 441 g/mol. The first-order valence-corrected chi connectivity index (χ1v) is 9.57. The normalized spacial score (nSPS) is 17.7. The van der Waals surface area contributed by atoms with Crippen LogP contribution in [0.25, 0.3) is 0 Å². The summed E-state index contributed by atoms with van der Waals surface area (Å²) in [6.07, 6.45) is -4.54. The van der Waals surface area contributed by atoms with Crippen LogP contribution in [0, 0.1) is 0 Å². The number of hydrogen-bond donors (Lipinski definition) is 2. The van der Waals surface area contributed by atoms with E-state index in [1.54, 1.807) is 24.3 Å². The van der Waals surface area contributed by atoms with E-state index in [4.69, 9.17) is 20.9 Å². The van der Waals surface area contributed by atoms with Gasteiger partial charge in [0.1, 0.15) is 0 Å². The Bertz CT molecular complexity index is 933. The second-order valence-corrected chi connectivity index (χ2v) is 8.39. The minimum atomic E-state index is -4.54. The maximum atomic E-state index is 12.9. The molecule has 1 aliphatic rings. The Morgan fingerprint density at radius 2 is 1.53 bits per heavy atom. The number of anilines is 2. The van der Waals surface area contributed by atoms with Crippen molar-refractivity contribution in [3.05, 3.63) is 53.1 Å². The van der Waals surface area contributed by atoms with Crippen LogP contribution in [-0.4, -0.2) is 24.4 Å². The van der Waals surface area contributed by atoms with Gasteiger partial charge in [-0.15, -0.1) is 0 Å². The molecule has 160 valence electrons. The number of rotatable bonds is 3. The zero-order valence-electron chi connectivity index (χ0n) is 16.9. The van der Waals surface area contributed by atoms with Gasteiger partial charge in [-0.3, -0.25) is 0 Å². The number of amides is 2. The quantitative estimate of drug-likeness (QED) is 0.637. The van der Waals surface area contributed by atoms with Gasteiger partial charge >= 0.3 is 19.3 Å². The van der Waals surface area contributed by atoms with Crippen LogP contribution in [0.15, 0.2) is 42.5 Å². The summed E-state index contributed by atoms with van der Waals surface area (Å²) >= 11 is 5.90. The first-order chi connectivity index (χ1) is 13.8. The van der Waals surface area contributed by atoms with Crippen molar-refractivity contribution in [3.8, 4) is 0 Å². The molecular weight excluding hydrogens is 419 g/mol. The van der Waals surface area contributed by atoms with Gasteiger partial charge in [-0.25, -0.2) is 4.79 Å². The molecule has 0 spiro atoms. The number of nitrogens with one attached hydrogen (secondary N) is 2. The molecule has 0 aromatic heterocycles. The molecule has 2 N–H and O–H groups in total. The van der Waals surface area contributed by atoms with Crippen LogP contribution in [0.2, 0.25) is 5.02 Å². The van der Waals surface area contributed by atoms with Gasteiger partial charge in [0.25, 0.3) is 0 Å². The van der Waals surface area contributed by atoms with Crippen molar-refractivity contribution in [3.63, 3.8) is 0 Å². The molecule has 10 heteroatoms. The minimum absolute atomic E-state index is 0.00532. The van der Waals surface area contributed by atoms with Crippen LogP contribution in [0.5, 0.6) is 0 Å². The Kier molecular flexibility index (Phi) is 5.83. The lowest BCUT2D eigenvalue weighted by Gasteiger charge is -2.32. The molecule has 0 radical (unpaired) electrons. The smallest absolute Gasteiger partial charge is 0.399 e. The molecule has 1 heterocycles. The Labute approximate surface area is 178 Å². The van der Waals surface area contributed by atoms with Gasteiger partial charge in [-0.1, -0.05) is 23.7 Å². The highest BCUT2D eigenvalue weighted by molar-refractivity contribution is 6.62. The highest BCUT2D eigenvalue weighted by atomic mass is 35.5. The van der Waals surface area contributed by atoms with Crippen molar-refractivity contribution in [2.24, 2.45) is 0 Å². The highest BCUT2D eigenvalue weighted by Crippen LogP contribution is 2.36. The fourth-order valence-corrected chi connectivity index (χ4v) is 2.95. The fraction of sp³-hybridized carbons (Fsp3) is 0.350. The van der Waals surface area contributed by atoms with Gasteiger partial charge in [0.2, 0.25) is 0 Å². The fourth-order valence-electron chi connectivity index (χ4n) is 2.78. The first-order valence-electron chi connectivity index (χ1n) is 9.19. The molecule has 2 aromatic carbocycles. The van der Waals surface area contributed by atoms with Crippen LogP contribution in [0.3, 0.4) is 0 Å². The maximum absolute atomic E-state index is 12.9. The van der Waals surface area contributed by atoms with Gasteiger partial charge in [-0.05, 0) is 63.5 Å². The summed E-state index contributed by atoms with van der Waals surface area (Å²) in [6.45, 7) is 7.80. The molecule has 1 saturated heterocycles. The van der Waals surface area contributed by atoms with E-state index in [2.05, 4.69) is 10.6 Å². The summed E-state index contributed by atoms with van der Waals surface area (Å²) in [4.78, 5) is 12.2. The van der Waals surface area contributed by atoms with Crippen molar-refractivity contribution in [1.82, 2.24) is 0 Å². The molecule has 0 atom stereocenters. The molecule has 0 bridgehead atoms. The monoisotopic (exact) mass is 440 g/mol. The molecule has 1 fully saturated rings. The van der Waals surface area contributed by atoms with E-state index in [0.29, 0.717) is 5.69 Å². The standard InChI is InChI=1S/C20H21BClF3N2O3/c1-18(2)19(3,4)30-21(29-18)13-6-8-14(9-7-13)26-17(28)27-16-11-12(20(23,24)25)5-10-15(16)22/h5-11H,1-4H3,(H2,26,27,28). The second-order valence-electron chi connectivity index (χ2n) is 7.98. The molecule has 5 nitrogen and oxygen atoms in total. The average Bonchev–Trinajstić information content (AvgIpc) is 2.84. The summed E-state index contributed by atoms with van der Waals surface area (Å²) in [5.41, 5.74) is -0.777. The van der Waals surface area contributed by atoms with Gasteiger partial charge in [-0.2, -0.15) is 13.2 Å². The largest absolute Gasteiger partial charge is 0.494 e. The molecule has 1 aliphatic heterocycles. The Balaban J connectivity index is 1.66. The third-order valence-corrected chi connectivity index (χ3v) is 5.57. The van der Waals surface area contributed by atoms with Crippen molar-refractivity contribution in [2.45, 2.75) is 45.1 Å². The van der Waals surface area contributed by atoms with Gasteiger partial charge in [0.15, 0.2) is 0 Å². The summed E-state index contributed by atoms with van der Waals surface area (Å²) in [7, 11) is -0.540. The van der Waals surface area contributed by atoms with E-state index < -0.39 is 36.1 Å². The third kappa shape index (κ3) is 4.74. The first kappa shape index (κ1) is 22.5. The molecule has 0 unspecified atom stereocenters.